The molecule has 2 heterocycles. The Kier molecular flexibility index (Phi) is 10.5. The van der Waals surface area contributed by atoms with Crippen LogP contribution in [0, 0.1) is 0 Å². The van der Waals surface area contributed by atoms with Crippen molar-refractivity contribution in [3.8, 4) is 45.0 Å². The fourth-order valence-electron chi connectivity index (χ4n) is 5.04. The van der Waals surface area contributed by atoms with Crippen LogP contribution < -0.4 is 0 Å². The van der Waals surface area contributed by atoms with Crippen molar-refractivity contribution in [1.29, 1.82) is 0 Å². The summed E-state index contributed by atoms with van der Waals surface area (Å²) in [6, 6.07) is 38.0. The molecule has 0 aliphatic rings. The molecule has 0 unspecified atom stereocenters. The summed E-state index contributed by atoms with van der Waals surface area (Å²) in [6.07, 6.45) is 0. The van der Waals surface area contributed by atoms with E-state index >= 15 is 0 Å². The quantitative estimate of drug-likeness (QED) is 0.0753. The first-order valence-corrected chi connectivity index (χ1v) is 17.5. The fourth-order valence-corrected chi connectivity index (χ4v) is 6.60. The van der Waals surface area contributed by atoms with Crippen molar-refractivity contribution < 1.29 is 19.1 Å². The van der Waals surface area contributed by atoms with Crippen LogP contribution in [-0.4, -0.2) is 45.1 Å². The summed E-state index contributed by atoms with van der Waals surface area (Å²) < 4.78 is 11.0. The molecule has 48 heavy (non-hydrogen) atoms. The van der Waals surface area contributed by atoms with E-state index in [0.29, 0.717) is 33.1 Å². The normalized spacial score (nSPS) is 10.8. The van der Waals surface area contributed by atoms with Crippen molar-refractivity contribution in [2.75, 3.05) is 13.2 Å². The maximum Gasteiger partial charge on any atom is 0.342 e. The molecule has 8 nitrogen and oxygen atoms in total. The molecular formula is C38H30N4O4S2. The zero-order valence-electron chi connectivity index (χ0n) is 26.2. The number of carbonyl (C=O) groups is 2. The Balaban J connectivity index is 1.49. The Labute approximate surface area is 286 Å². The lowest BCUT2D eigenvalue weighted by molar-refractivity contribution is 0.0517. The monoisotopic (exact) mass is 670 g/mol. The number of benzene rings is 4. The summed E-state index contributed by atoms with van der Waals surface area (Å²) in [5.41, 5.74) is 5.41. The summed E-state index contributed by atoms with van der Waals surface area (Å²) in [4.78, 5) is 46.4. The number of hydrogen-bond donors (Lipinski definition) is 0. The van der Waals surface area contributed by atoms with E-state index in [4.69, 9.17) is 29.4 Å². The van der Waals surface area contributed by atoms with Gasteiger partial charge >= 0.3 is 11.9 Å². The van der Waals surface area contributed by atoms with Crippen LogP contribution in [-0.2, 0) is 9.47 Å². The van der Waals surface area contributed by atoms with Gasteiger partial charge in [0.1, 0.15) is 11.1 Å². The van der Waals surface area contributed by atoms with E-state index in [1.807, 2.05) is 121 Å². The standard InChI is InChI=1S/C38H30N4O4S2/c1-3-45-35(43)29-31(25-17-9-5-10-18-25)39-37(40-32(29)26-19-11-6-12-20-26)47-48-38-41-33(27-21-13-7-14-22-27)30(36(44)46-4-2)34(42-38)28-23-15-8-16-24-28/h5-24H,3-4H2,1-2H3. The Bertz CT molecular complexity index is 1760. The van der Waals surface area contributed by atoms with Gasteiger partial charge in [-0.3, -0.25) is 0 Å². The number of carbonyl (C=O) groups excluding carboxylic acids is 2. The smallest absolute Gasteiger partial charge is 0.342 e. The van der Waals surface area contributed by atoms with Crippen LogP contribution >= 0.6 is 21.6 Å². The zero-order valence-corrected chi connectivity index (χ0v) is 27.8. The number of esters is 2. The van der Waals surface area contributed by atoms with Crippen molar-refractivity contribution >= 4 is 33.5 Å². The van der Waals surface area contributed by atoms with Gasteiger partial charge in [0, 0.05) is 22.3 Å². The van der Waals surface area contributed by atoms with Crippen LogP contribution in [0.15, 0.2) is 132 Å². The number of ether oxygens (including phenoxy) is 2. The largest absolute Gasteiger partial charge is 0.462 e. The van der Waals surface area contributed by atoms with E-state index in [1.54, 1.807) is 13.8 Å². The molecule has 0 aliphatic heterocycles. The molecule has 10 heteroatoms. The minimum absolute atomic E-state index is 0.209. The van der Waals surface area contributed by atoms with E-state index in [0.717, 1.165) is 22.3 Å². The van der Waals surface area contributed by atoms with Gasteiger partial charge in [-0.25, -0.2) is 29.5 Å². The Morgan fingerprint density at radius 1 is 0.458 bits per heavy atom. The Morgan fingerprint density at radius 3 is 0.938 bits per heavy atom. The van der Waals surface area contributed by atoms with Crippen LogP contribution in [0.25, 0.3) is 45.0 Å². The summed E-state index contributed by atoms with van der Waals surface area (Å²) in [5.74, 6) is -1.00. The van der Waals surface area contributed by atoms with Crippen molar-refractivity contribution in [2.24, 2.45) is 0 Å². The maximum absolute atomic E-state index is 13.4. The molecule has 0 saturated carbocycles. The molecule has 6 aromatic rings. The van der Waals surface area contributed by atoms with Crippen LogP contribution in [0.2, 0.25) is 0 Å². The molecule has 0 aliphatic carbocycles. The number of aromatic nitrogens is 4. The predicted molar refractivity (Wildman–Crippen MR) is 189 cm³/mol. The highest BCUT2D eigenvalue weighted by Gasteiger charge is 2.27. The van der Waals surface area contributed by atoms with Crippen LogP contribution in [0.4, 0.5) is 0 Å². The van der Waals surface area contributed by atoms with E-state index in [-0.39, 0.29) is 24.3 Å². The topological polar surface area (TPSA) is 104 Å². The van der Waals surface area contributed by atoms with Crippen molar-refractivity contribution in [3.63, 3.8) is 0 Å². The van der Waals surface area contributed by atoms with E-state index in [9.17, 15) is 9.59 Å². The molecule has 0 radical (unpaired) electrons. The zero-order chi connectivity index (χ0) is 33.3. The number of nitrogens with zero attached hydrogens (tertiary/aromatic N) is 4. The highest BCUT2D eigenvalue weighted by Crippen LogP contribution is 2.41. The van der Waals surface area contributed by atoms with E-state index in [2.05, 4.69) is 0 Å². The minimum Gasteiger partial charge on any atom is -0.462 e. The van der Waals surface area contributed by atoms with Gasteiger partial charge in [-0.15, -0.1) is 0 Å². The lowest BCUT2D eigenvalue weighted by Crippen LogP contribution is -2.12. The molecule has 0 spiro atoms. The lowest BCUT2D eigenvalue weighted by atomic mass is 10.0. The lowest BCUT2D eigenvalue weighted by Gasteiger charge is -2.16. The van der Waals surface area contributed by atoms with Crippen molar-refractivity contribution in [1.82, 2.24) is 19.9 Å². The molecule has 0 bridgehead atoms. The molecule has 2 aromatic heterocycles. The third-order valence-corrected chi connectivity index (χ3v) is 9.01. The average Bonchev–Trinajstić information content (AvgIpc) is 3.14. The predicted octanol–water partition coefficient (Wildman–Crippen LogP) is 9.09. The SMILES string of the molecule is CCOC(=O)c1c(-c2ccccc2)nc(SSc2nc(-c3ccccc3)c(C(=O)OCC)c(-c3ccccc3)n2)nc1-c1ccccc1. The third-order valence-electron chi connectivity index (χ3n) is 7.12. The molecule has 4 aromatic carbocycles. The van der Waals surface area contributed by atoms with Gasteiger partial charge in [0.15, 0.2) is 10.3 Å². The highest BCUT2D eigenvalue weighted by molar-refractivity contribution is 8.76. The molecule has 0 saturated heterocycles. The van der Waals surface area contributed by atoms with Crippen molar-refractivity contribution in [2.45, 2.75) is 24.2 Å². The third kappa shape index (κ3) is 7.30. The molecule has 0 N–H and O–H groups in total. The first-order chi connectivity index (χ1) is 23.6. The van der Waals surface area contributed by atoms with Gasteiger partial charge < -0.3 is 9.47 Å². The molecule has 0 atom stereocenters. The van der Waals surface area contributed by atoms with E-state index < -0.39 is 11.9 Å². The summed E-state index contributed by atoms with van der Waals surface area (Å²) in [5, 5.41) is 0.790. The second-order valence-electron chi connectivity index (χ2n) is 10.2. The van der Waals surface area contributed by atoms with Gasteiger partial charge in [-0.1, -0.05) is 121 Å². The highest BCUT2D eigenvalue weighted by atomic mass is 33.1. The van der Waals surface area contributed by atoms with Gasteiger partial charge in [-0.05, 0) is 35.4 Å². The van der Waals surface area contributed by atoms with E-state index in [1.165, 1.54) is 21.6 Å². The average molecular weight is 671 g/mol. The van der Waals surface area contributed by atoms with Gasteiger partial charge in [-0.2, -0.15) is 0 Å². The van der Waals surface area contributed by atoms with Crippen LogP contribution in [0.1, 0.15) is 34.6 Å². The summed E-state index contributed by atoms with van der Waals surface area (Å²) in [7, 11) is 2.52. The molecule has 6 rings (SSSR count). The second-order valence-corrected chi connectivity index (χ2v) is 12.3. The molecule has 238 valence electrons. The van der Waals surface area contributed by atoms with Gasteiger partial charge in [0.25, 0.3) is 0 Å². The van der Waals surface area contributed by atoms with Crippen LogP contribution in [0.3, 0.4) is 0 Å². The molecule has 0 fully saturated rings. The minimum atomic E-state index is -0.502. The van der Waals surface area contributed by atoms with Crippen molar-refractivity contribution in [3.05, 3.63) is 132 Å². The summed E-state index contributed by atoms with van der Waals surface area (Å²) >= 11 is 0. The second kappa shape index (κ2) is 15.5. The Morgan fingerprint density at radius 2 is 0.708 bits per heavy atom. The Hall–Kier alpha value is -5.32. The summed E-state index contributed by atoms with van der Waals surface area (Å²) in [6.45, 7) is 3.95. The fraction of sp³-hybridized carbons (Fsp3) is 0.105. The molecule has 0 amide bonds. The first-order valence-electron chi connectivity index (χ1n) is 15.3. The maximum atomic E-state index is 13.4. The van der Waals surface area contributed by atoms with Gasteiger partial charge in [0.05, 0.1) is 36.0 Å². The van der Waals surface area contributed by atoms with Gasteiger partial charge in [0.2, 0.25) is 0 Å². The first kappa shape index (κ1) is 32.6. The molecular weight excluding hydrogens is 641 g/mol. The number of hydrogen-bond acceptors (Lipinski definition) is 10. The van der Waals surface area contributed by atoms with Crippen LogP contribution in [0.5, 0.6) is 0 Å². The number of rotatable bonds is 11.